The molecule has 2 aliphatic rings. The highest BCUT2D eigenvalue weighted by atomic mass is 16.2. The summed E-state index contributed by atoms with van der Waals surface area (Å²) in [4.78, 5) is 16.2. The fraction of sp³-hybridized carbons (Fsp3) is 0.909. The second-order valence-corrected chi connectivity index (χ2v) is 4.53. The lowest BCUT2D eigenvalue weighted by Crippen LogP contribution is -2.63. The van der Waals surface area contributed by atoms with Crippen LogP contribution in [0.4, 0.5) is 0 Å². The van der Waals surface area contributed by atoms with Gasteiger partial charge in [0.25, 0.3) is 0 Å². The molecule has 0 aromatic heterocycles. The second kappa shape index (κ2) is 4.94. The third-order valence-corrected chi connectivity index (χ3v) is 3.33. The van der Waals surface area contributed by atoms with Crippen LogP contribution >= 0.6 is 0 Å². The molecule has 0 radical (unpaired) electrons. The summed E-state index contributed by atoms with van der Waals surface area (Å²) in [6.07, 6.45) is 2.41. The highest BCUT2D eigenvalue weighted by molar-refractivity contribution is 5.79. The first-order valence-electron chi connectivity index (χ1n) is 6.04. The number of hydrogen-bond acceptors (Lipinski definition) is 3. The Labute approximate surface area is 91.6 Å². The first kappa shape index (κ1) is 10.9. The molecule has 2 heterocycles. The van der Waals surface area contributed by atoms with E-state index in [-0.39, 0.29) is 0 Å². The molecule has 2 fully saturated rings. The van der Waals surface area contributed by atoms with E-state index >= 15 is 0 Å². The standard InChI is InChI=1S/C11H21N3O/c1-2-3-5-13-8-10-7-12-4-6-14(10)11(15)9-13/h10,12H,2-9H2,1H3. The summed E-state index contributed by atoms with van der Waals surface area (Å²) in [7, 11) is 0. The van der Waals surface area contributed by atoms with Crippen molar-refractivity contribution in [3.8, 4) is 0 Å². The van der Waals surface area contributed by atoms with E-state index < -0.39 is 0 Å². The molecule has 1 N–H and O–H groups in total. The zero-order chi connectivity index (χ0) is 10.7. The van der Waals surface area contributed by atoms with Crippen molar-refractivity contribution < 1.29 is 4.79 Å². The molecular formula is C11H21N3O. The van der Waals surface area contributed by atoms with Gasteiger partial charge >= 0.3 is 0 Å². The third kappa shape index (κ3) is 2.49. The van der Waals surface area contributed by atoms with Gasteiger partial charge in [0.05, 0.1) is 12.6 Å². The van der Waals surface area contributed by atoms with Crippen LogP contribution in [-0.4, -0.2) is 61.0 Å². The maximum atomic E-state index is 11.9. The fourth-order valence-corrected chi connectivity index (χ4v) is 2.45. The minimum atomic E-state index is 0.323. The van der Waals surface area contributed by atoms with Crippen molar-refractivity contribution in [1.29, 1.82) is 0 Å². The van der Waals surface area contributed by atoms with Gasteiger partial charge in [-0.2, -0.15) is 0 Å². The molecule has 0 aromatic rings. The number of carbonyl (C=O) groups is 1. The number of rotatable bonds is 3. The lowest BCUT2D eigenvalue weighted by molar-refractivity contribution is -0.140. The summed E-state index contributed by atoms with van der Waals surface area (Å²) in [6, 6.07) is 0.414. The van der Waals surface area contributed by atoms with E-state index in [9.17, 15) is 4.79 Å². The lowest BCUT2D eigenvalue weighted by Gasteiger charge is -2.43. The summed E-state index contributed by atoms with van der Waals surface area (Å²) >= 11 is 0. The van der Waals surface area contributed by atoms with Gasteiger partial charge in [-0.3, -0.25) is 9.69 Å². The topological polar surface area (TPSA) is 35.6 Å². The largest absolute Gasteiger partial charge is 0.335 e. The monoisotopic (exact) mass is 211 g/mol. The average Bonchev–Trinajstić information content (AvgIpc) is 2.26. The Morgan fingerprint density at radius 2 is 2.40 bits per heavy atom. The van der Waals surface area contributed by atoms with Gasteiger partial charge in [-0.25, -0.2) is 0 Å². The maximum absolute atomic E-state index is 11.9. The minimum absolute atomic E-state index is 0.323. The average molecular weight is 211 g/mol. The molecule has 0 aromatic carbocycles. The first-order valence-corrected chi connectivity index (χ1v) is 6.04. The molecule has 86 valence electrons. The van der Waals surface area contributed by atoms with Crippen LogP contribution in [0.1, 0.15) is 19.8 Å². The SMILES string of the molecule is CCCCN1CC(=O)N2CCNCC2C1. The van der Waals surface area contributed by atoms with Gasteiger partial charge in [-0.15, -0.1) is 0 Å². The highest BCUT2D eigenvalue weighted by Gasteiger charge is 2.33. The van der Waals surface area contributed by atoms with E-state index in [2.05, 4.69) is 22.0 Å². The van der Waals surface area contributed by atoms with Gasteiger partial charge in [0.1, 0.15) is 0 Å². The molecule has 4 nitrogen and oxygen atoms in total. The Kier molecular flexibility index (Phi) is 3.59. The summed E-state index contributed by atoms with van der Waals surface area (Å²) in [5.41, 5.74) is 0. The highest BCUT2D eigenvalue weighted by Crippen LogP contribution is 2.13. The van der Waals surface area contributed by atoms with Crippen molar-refractivity contribution in [2.75, 3.05) is 39.3 Å². The van der Waals surface area contributed by atoms with Crippen molar-refractivity contribution in [3.63, 3.8) is 0 Å². The van der Waals surface area contributed by atoms with Crippen molar-refractivity contribution in [2.45, 2.75) is 25.8 Å². The van der Waals surface area contributed by atoms with Gasteiger partial charge in [0, 0.05) is 26.2 Å². The van der Waals surface area contributed by atoms with Gasteiger partial charge in [-0.1, -0.05) is 13.3 Å². The number of nitrogens with one attached hydrogen (secondary N) is 1. The van der Waals surface area contributed by atoms with Crippen LogP contribution in [0.25, 0.3) is 0 Å². The number of carbonyl (C=O) groups excluding carboxylic acids is 1. The summed E-state index contributed by atoms with van der Waals surface area (Å²) in [5, 5.41) is 3.36. The molecule has 0 bridgehead atoms. The number of amides is 1. The van der Waals surface area contributed by atoms with Gasteiger partial charge < -0.3 is 10.2 Å². The normalized spacial score (nSPS) is 27.9. The van der Waals surface area contributed by atoms with Crippen molar-refractivity contribution in [2.24, 2.45) is 0 Å². The van der Waals surface area contributed by atoms with Crippen LogP contribution in [0.3, 0.4) is 0 Å². The Hall–Kier alpha value is -0.610. The Morgan fingerprint density at radius 3 is 3.20 bits per heavy atom. The third-order valence-electron chi connectivity index (χ3n) is 3.33. The van der Waals surface area contributed by atoms with Gasteiger partial charge in [0.2, 0.25) is 5.91 Å². The van der Waals surface area contributed by atoms with Crippen LogP contribution in [-0.2, 0) is 4.79 Å². The molecular weight excluding hydrogens is 190 g/mol. The molecule has 0 aliphatic carbocycles. The molecule has 2 saturated heterocycles. The molecule has 1 unspecified atom stereocenters. The smallest absolute Gasteiger partial charge is 0.237 e. The summed E-state index contributed by atoms with van der Waals surface area (Å²) in [5.74, 6) is 0.323. The Bertz CT molecular complexity index is 232. The molecule has 0 spiro atoms. The number of unbranched alkanes of at least 4 members (excludes halogenated alkanes) is 1. The van der Waals surface area contributed by atoms with Crippen LogP contribution in [0.15, 0.2) is 0 Å². The summed E-state index contributed by atoms with van der Waals surface area (Å²) < 4.78 is 0. The molecule has 15 heavy (non-hydrogen) atoms. The zero-order valence-electron chi connectivity index (χ0n) is 9.54. The van der Waals surface area contributed by atoms with E-state index in [1.807, 2.05) is 0 Å². The van der Waals surface area contributed by atoms with Crippen LogP contribution < -0.4 is 5.32 Å². The molecule has 4 heteroatoms. The zero-order valence-corrected chi connectivity index (χ0v) is 9.54. The van der Waals surface area contributed by atoms with E-state index in [4.69, 9.17) is 0 Å². The molecule has 0 saturated carbocycles. The van der Waals surface area contributed by atoms with Crippen molar-refractivity contribution in [3.05, 3.63) is 0 Å². The Morgan fingerprint density at radius 1 is 1.53 bits per heavy atom. The Balaban J connectivity index is 1.90. The van der Waals surface area contributed by atoms with Crippen LogP contribution in [0.2, 0.25) is 0 Å². The first-order chi connectivity index (χ1) is 7.31. The van der Waals surface area contributed by atoms with E-state index in [1.54, 1.807) is 0 Å². The number of piperazine rings is 2. The lowest BCUT2D eigenvalue weighted by atomic mass is 10.1. The molecule has 2 rings (SSSR count). The number of fused-ring (bicyclic) bond motifs is 1. The number of nitrogens with zero attached hydrogens (tertiary/aromatic N) is 2. The van der Waals surface area contributed by atoms with Crippen LogP contribution in [0.5, 0.6) is 0 Å². The quantitative estimate of drug-likeness (QED) is 0.708. The molecule has 2 aliphatic heterocycles. The van der Waals surface area contributed by atoms with E-state index in [0.717, 1.165) is 32.7 Å². The predicted molar refractivity (Wildman–Crippen MR) is 59.7 cm³/mol. The minimum Gasteiger partial charge on any atom is -0.335 e. The molecule has 1 atom stereocenters. The van der Waals surface area contributed by atoms with Gasteiger partial charge in [-0.05, 0) is 13.0 Å². The van der Waals surface area contributed by atoms with Crippen molar-refractivity contribution in [1.82, 2.24) is 15.1 Å². The van der Waals surface area contributed by atoms with E-state index in [0.29, 0.717) is 18.5 Å². The van der Waals surface area contributed by atoms with E-state index in [1.165, 1.54) is 12.8 Å². The van der Waals surface area contributed by atoms with Gasteiger partial charge in [0.15, 0.2) is 0 Å². The fourth-order valence-electron chi connectivity index (χ4n) is 2.45. The summed E-state index contributed by atoms with van der Waals surface area (Å²) in [6.45, 7) is 7.78. The van der Waals surface area contributed by atoms with Crippen LogP contribution in [0, 0.1) is 0 Å². The maximum Gasteiger partial charge on any atom is 0.237 e. The molecule has 1 amide bonds. The number of hydrogen-bond donors (Lipinski definition) is 1. The van der Waals surface area contributed by atoms with Crippen molar-refractivity contribution >= 4 is 5.91 Å². The predicted octanol–water partition coefficient (Wildman–Crippen LogP) is -0.0975. The second-order valence-electron chi connectivity index (χ2n) is 4.53.